The van der Waals surface area contributed by atoms with Gasteiger partial charge in [-0.2, -0.15) is 5.10 Å². The van der Waals surface area contributed by atoms with Gasteiger partial charge in [0.25, 0.3) is 0 Å². The summed E-state index contributed by atoms with van der Waals surface area (Å²) in [6.07, 6.45) is 4.63. The molecule has 0 bridgehead atoms. The van der Waals surface area contributed by atoms with E-state index in [2.05, 4.69) is 40.6 Å². The van der Waals surface area contributed by atoms with Crippen molar-refractivity contribution in [3.05, 3.63) is 65.5 Å². The van der Waals surface area contributed by atoms with Crippen LogP contribution in [0.5, 0.6) is 0 Å². The zero-order chi connectivity index (χ0) is 17.1. The summed E-state index contributed by atoms with van der Waals surface area (Å²) in [5.74, 6) is 2.22. The molecule has 5 heteroatoms. The molecule has 1 saturated carbocycles. The Hall–Kier alpha value is -2.69. The first kappa shape index (κ1) is 15.8. The van der Waals surface area contributed by atoms with Crippen molar-refractivity contribution in [2.45, 2.75) is 45.1 Å². The first-order valence-electron chi connectivity index (χ1n) is 9.04. The van der Waals surface area contributed by atoms with Crippen molar-refractivity contribution in [3.63, 3.8) is 0 Å². The molecule has 5 nitrogen and oxygen atoms in total. The summed E-state index contributed by atoms with van der Waals surface area (Å²) < 4.78 is 1.96. The Balaban J connectivity index is 1.49. The Morgan fingerprint density at radius 3 is 2.60 bits per heavy atom. The van der Waals surface area contributed by atoms with Gasteiger partial charge in [-0.3, -0.25) is 0 Å². The maximum atomic E-state index is 4.78. The monoisotopic (exact) mass is 333 g/mol. The lowest BCUT2D eigenvalue weighted by Gasteiger charge is -2.07. The minimum Gasteiger partial charge on any atom is -0.365 e. The number of anilines is 1. The van der Waals surface area contributed by atoms with Crippen LogP contribution in [0.3, 0.4) is 0 Å². The highest BCUT2D eigenvalue weighted by Crippen LogP contribution is 2.39. The molecule has 128 valence electrons. The molecule has 4 rings (SSSR count). The fourth-order valence-electron chi connectivity index (χ4n) is 2.97. The fourth-order valence-corrected chi connectivity index (χ4v) is 2.97. The topological polar surface area (TPSA) is 55.6 Å². The van der Waals surface area contributed by atoms with Crippen molar-refractivity contribution in [1.29, 1.82) is 0 Å². The van der Waals surface area contributed by atoms with Crippen molar-refractivity contribution in [3.8, 4) is 5.82 Å². The molecule has 1 fully saturated rings. The lowest BCUT2D eigenvalue weighted by molar-refractivity contribution is 0.732. The minimum atomic E-state index is 0.650. The lowest BCUT2D eigenvalue weighted by Crippen LogP contribution is -2.08. The molecule has 2 aromatic heterocycles. The van der Waals surface area contributed by atoms with E-state index in [0.717, 1.165) is 31.0 Å². The second kappa shape index (κ2) is 7.05. The van der Waals surface area contributed by atoms with Crippen molar-refractivity contribution in [2.24, 2.45) is 0 Å². The highest BCUT2D eigenvalue weighted by Gasteiger charge is 2.27. The standard InChI is InChI=1S/C20H23N5/c1-2-6-17-13-18(16-9-10-16)24-25(17)20-12-11-19(22-23-20)21-14-15-7-4-3-5-8-15/h3-5,7-8,11-13,16H,2,6,9-10,14H2,1H3,(H,21,22). The second-order valence-corrected chi connectivity index (χ2v) is 6.61. The number of hydrogen-bond acceptors (Lipinski definition) is 4. The van der Waals surface area contributed by atoms with Gasteiger partial charge in [0.2, 0.25) is 0 Å². The Morgan fingerprint density at radius 2 is 1.92 bits per heavy atom. The van der Waals surface area contributed by atoms with E-state index < -0.39 is 0 Å². The van der Waals surface area contributed by atoms with Crippen LogP contribution in [-0.4, -0.2) is 20.0 Å². The highest BCUT2D eigenvalue weighted by atomic mass is 15.4. The molecule has 0 atom stereocenters. The van der Waals surface area contributed by atoms with Crippen LogP contribution >= 0.6 is 0 Å². The number of aryl methyl sites for hydroxylation is 1. The number of hydrogen-bond donors (Lipinski definition) is 1. The number of nitrogens with one attached hydrogen (secondary N) is 1. The number of rotatable bonds is 7. The summed E-state index contributed by atoms with van der Waals surface area (Å²) in [7, 11) is 0. The van der Waals surface area contributed by atoms with E-state index in [0.29, 0.717) is 5.92 Å². The Bertz CT molecular complexity index is 819. The molecule has 0 amide bonds. The first-order chi connectivity index (χ1) is 12.3. The number of nitrogens with zero attached hydrogens (tertiary/aromatic N) is 4. The SMILES string of the molecule is CCCc1cc(C2CC2)nn1-c1ccc(NCc2ccccc2)nn1. The summed E-state index contributed by atoms with van der Waals surface area (Å²) >= 11 is 0. The van der Waals surface area contributed by atoms with Crippen LogP contribution in [0.4, 0.5) is 5.82 Å². The average molecular weight is 333 g/mol. The molecule has 0 aliphatic heterocycles. The zero-order valence-electron chi connectivity index (χ0n) is 14.5. The smallest absolute Gasteiger partial charge is 0.176 e. The van der Waals surface area contributed by atoms with Crippen LogP contribution in [0.15, 0.2) is 48.5 Å². The third-order valence-electron chi connectivity index (χ3n) is 4.49. The third kappa shape index (κ3) is 3.71. The summed E-state index contributed by atoms with van der Waals surface area (Å²) in [4.78, 5) is 0. The molecule has 1 aromatic carbocycles. The van der Waals surface area contributed by atoms with Gasteiger partial charge in [-0.25, -0.2) is 4.68 Å². The quantitative estimate of drug-likeness (QED) is 0.707. The fraction of sp³-hybridized carbons (Fsp3) is 0.350. The van der Waals surface area contributed by atoms with Crippen LogP contribution in [0.1, 0.15) is 49.1 Å². The molecule has 0 saturated heterocycles. The van der Waals surface area contributed by atoms with E-state index in [1.54, 1.807) is 0 Å². The number of aromatic nitrogens is 4. The molecule has 1 aliphatic carbocycles. The van der Waals surface area contributed by atoms with E-state index in [4.69, 9.17) is 5.10 Å². The summed E-state index contributed by atoms with van der Waals surface area (Å²) in [5, 5.41) is 16.8. The second-order valence-electron chi connectivity index (χ2n) is 6.61. The highest BCUT2D eigenvalue weighted by molar-refractivity contribution is 5.38. The summed E-state index contributed by atoms with van der Waals surface area (Å²) in [6.45, 7) is 2.93. The lowest BCUT2D eigenvalue weighted by atomic mass is 10.2. The molecule has 1 aliphatic rings. The van der Waals surface area contributed by atoms with E-state index >= 15 is 0 Å². The molecule has 0 radical (unpaired) electrons. The maximum Gasteiger partial charge on any atom is 0.176 e. The molecular formula is C20H23N5. The largest absolute Gasteiger partial charge is 0.365 e. The van der Waals surface area contributed by atoms with Gasteiger partial charge in [0.1, 0.15) is 5.82 Å². The van der Waals surface area contributed by atoms with Gasteiger partial charge in [0.15, 0.2) is 5.82 Å². The third-order valence-corrected chi connectivity index (χ3v) is 4.49. The van der Waals surface area contributed by atoms with Gasteiger partial charge < -0.3 is 5.32 Å². The van der Waals surface area contributed by atoms with E-state index in [9.17, 15) is 0 Å². The van der Waals surface area contributed by atoms with Gasteiger partial charge in [-0.1, -0.05) is 43.7 Å². The Morgan fingerprint density at radius 1 is 1.08 bits per heavy atom. The van der Waals surface area contributed by atoms with E-state index in [1.807, 2.05) is 35.0 Å². The minimum absolute atomic E-state index is 0.650. The normalized spacial score (nSPS) is 13.8. The molecule has 3 aromatic rings. The molecular weight excluding hydrogens is 310 g/mol. The van der Waals surface area contributed by atoms with E-state index in [-0.39, 0.29) is 0 Å². The van der Waals surface area contributed by atoms with Gasteiger partial charge >= 0.3 is 0 Å². The number of benzene rings is 1. The Kier molecular flexibility index (Phi) is 4.46. The molecule has 2 heterocycles. The summed E-state index contributed by atoms with van der Waals surface area (Å²) in [5.41, 5.74) is 3.65. The van der Waals surface area contributed by atoms with Gasteiger partial charge in [-0.05, 0) is 43.0 Å². The van der Waals surface area contributed by atoms with Crippen LogP contribution in [0.25, 0.3) is 5.82 Å². The molecule has 25 heavy (non-hydrogen) atoms. The predicted octanol–water partition coefficient (Wildman–Crippen LogP) is 4.10. The van der Waals surface area contributed by atoms with Crippen molar-refractivity contribution in [1.82, 2.24) is 20.0 Å². The maximum absolute atomic E-state index is 4.78. The van der Waals surface area contributed by atoms with Crippen LogP contribution in [0.2, 0.25) is 0 Å². The molecule has 0 spiro atoms. The van der Waals surface area contributed by atoms with Crippen molar-refractivity contribution < 1.29 is 0 Å². The predicted molar refractivity (Wildman–Crippen MR) is 98.9 cm³/mol. The van der Waals surface area contributed by atoms with Gasteiger partial charge in [-0.15, -0.1) is 10.2 Å². The van der Waals surface area contributed by atoms with Gasteiger partial charge in [0, 0.05) is 18.2 Å². The Labute approximate surface area is 148 Å². The van der Waals surface area contributed by atoms with Crippen molar-refractivity contribution in [2.75, 3.05) is 5.32 Å². The van der Waals surface area contributed by atoms with Crippen LogP contribution in [0, 0.1) is 0 Å². The van der Waals surface area contributed by atoms with Crippen LogP contribution in [-0.2, 0) is 13.0 Å². The zero-order valence-corrected chi connectivity index (χ0v) is 14.5. The summed E-state index contributed by atoms with van der Waals surface area (Å²) in [6, 6.07) is 16.5. The average Bonchev–Trinajstić information content (AvgIpc) is 3.43. The van der Waals surface area contributed by atoms with Crippen LogP contribution < -0.4 is 5.32 Å². The van der Waals surface area contributed by atoms with E-state index in [1.165, 1.54) is 29.8 Å². The van der Waals surface area contributed by atoms with Gasteiger partial charge in [0.05, 0.1) is 5.69 Å². The molecule has 0 unspecified atom stereocenters. The molecule has 1 N–H and O–H groups in total. The van der Waals surface area contributed by atoms with Crippen molar-refractivity contribution >= 4 is 5.82 Å². The first-order valence-corrected chi connectivity index (χ1v) is 9.04.